The van der Waals surface area contributed by atoms with Crippen LogP contribution in [0.5, 0.6) is 0 Å². The molecule has 0 N–H and O–H groups in total. The molecule has 224 valence electrons. The Balaban J connectivity index is 1.14. The lowest BCUT2D eigenvalue weighted by Gasteiger charge is -2.12. The van der Waals surface area contributed by atoms with Crippen LogP contribution in [-0.4, -0.2) is 9.97 Å². The fourth-order valence-electron chi connectivity index (χ4n) is 6.97. The Hall–Kier alpha value is -5.68. The van der Waals surface area contributed by atoms with Gasteiger partial charge in [0.05, 0.1) is 27.3 Å². The van der Waals surface area contributed by atoms with Gasteiger partial charge < -0.3 is 0 Å². The van der Waals surface area contributed by atoms with Crippen LogP contribution in [0.4, 0.5) is 0 Å². The van der Waals surface area contributed by atoms with E-state index in [9.17, 15) is 0 Å². The Morgan fingerprint density at radius 2 is 0.938 bits per heavy atom. The lowest BCUT2D eigenvalue weighted by atomic mass is 9.97. The first-order valence-corrected chi connectivity index (χ1v) is 17.7. The van der Waals surface area contributed by atoms with Crippen LogP contribution < -0.4 is 0 Å². The van der Waals surface area contributed by atoms with Crippen LogP contribution in [0.25, 0.3) is 96.1 Å². The van der Waals surface area contributed by atoms with Crippen molar-refractivity contribution in [3.8, 4) is 44.9 Å². The number of fused-ring (bicyclic) bond motifs is 8. The summed E-state index contributed by atoms with van der Waals surface area (Å²) in [6.45, 7) is 0. The zero-order chi connectivity index (χ0) is 31.6. The molecule has 0 unspecified atom stereocenters. The van der Waals surface area contributed by atoms with Crippen LogP contribution in [0.15, 0.2) is 158 Å². The highest BCUT2D eigenvalue weighted by molar-refractivity contribution is 7.27. The van der Waals surface area contributed by atoms with E-state index >= 15 is 0 Å². The number of pyridine rings is 2. The second kappa shape index (κ2) is 11.0. The summed E-state index contributed by atoms with van der Waals surface area (Å²) in [6, 6.07) is 56.4. The van der Waals surface area contributed by atoms with Gasteiger partial charge in [0.15, 0.2) is 0 Å². The van der Waals surface area contributed by atoms with E-state index in [1.54, 1.807) is 0 Å². The Kier molecular flexibility index (Phi) is 6.26. The first-order chi connectivity index (χ1) is 23.8. The molecule has 0 fully saturated rings. The molecule has 0 radical (unpaired) electrons. The lowest BCUT2D eigenvalue weighted by Crippen LogP contribution is -1.92. The third-order valence-electron chi connectivity index (χ3n) is 9.29. The number of thiophene rings is 2. The van der Waals surface area contributed by atoms with Gasteiger partial charge in [0, 0.05) is 57.7 Å². The second-order valence-corrected chi connectivity index (χ2v) is 14.2. The van der Waals surface area contributed by atoms with E-state index in [0.29, 0.717) is 0 Å². The molecule has 48 heavy (non-hydrogen) atoms. The SMILES string of the molecule is c1ccc(-c2cc(-c3ccc(-c4nc5c6ccccc6sc5c5ccccc45)cc3)cc(-c3cccc4c3sc3ccccc34)n2)cc1. The third kappa shape index (κ3) is 4.38. The molecule has 4 heteroatoms. The minimum atomic E-state index is 0.965. The van der Waals surface area contributed by atoms with E-state index in [-0.39, 0.29) is 0 Å². The van der Waals surface area contributed by atoms with Crippen molar-refractivity contribution < 1.29 is 0 Å². The summed E-state index contributed by atoms with van der Waals surface area (Å²) in [6.07, 6.45) is 0. The Morgan fingerprint density at radius 3 is 1.75 bits per heavy atom. The number of nitrogens with zero attached hydrogens (tertiary/aromatic N) is 2. The van der Waals surface area contributed by atoms with Gasteiger partial charge in [-0.3, -0.25) is 0 Å². The van der Waals surface area contributed by atoms with Gasteiger partial charge in [-0.25, -0.2) is 9.97 Å². The normalized spacial score (nSPS) is 11.8. The summed E-state index contributed by atoms with van der Waals surface area (Å²) >= 11 is 3.67. The van der Waals surface area contributed by atoms with E-state index in [4.69, 9.17) is 9.97 Å². The Labute approximate surface area is 285 Å². The maximum Gasteiger partial charge on any atom is 0.0902 e. The zero-order valence-corrected chi connectivity index (χ0v) is 27.4. The minimum absolute atomic E-state index is 0.965. The molecule has 10 rings (SSSR count). The summed E-state index contributed by atoms with van der Waals surface area (Å²) in [5.41, 5.74) is 9.71. The molecule has 0 aliphatic heterocycles. The molecular weight excluding hydrogens is 621 g/mol. The van der Waals surface area contributed by atoms with Crippen molar-refractivity contribution in [1.29, 1.82) is 0 Å². The minimum Gasteiger partial charge on any atom is -0.248 e. The number of hydrogen-bond donors (Lipinski definition) is 0. The maximum absolute atomic E-state index is 5.32. The van der Waals surface area contributed by atoms with Crippen molar-refractivity contribution >= 4 is 73.9 Å². The predicted molar refractivity (Wildman–Crippen MR) is 207 cm³/mol. The van der Waals surface area contributed by atoms with Crippen molar-refractivity contribution in [3.63, 3.8) is 0 Å². The number of hydrogen-bond acceptors (Lipinski definition) is 4. The van der Waals surface area contributed by atoms with Gasteiger partial charge in [0.2, 0.25) is 0 Å². The Bertz CT molecular complexity index is 2830. The summed E-state index contributed by atoms with van der Waals surface area (Å²) in [4.78, 5) is 10.6. The molecule has 4 heterocycles. The summed E-state index contributed by atoms with van der Waals surface area (Å²) in [7, 11) is 0. The van der Waals surface area contributed by atoms with Crippen LogP contribution in [0.1, 0.15) is 0 Å². The summed E-state index contributed by atoms with van der Waals surface area (Å²) in [5.74, 6) is 0. The van der Waals surface area contributed by atoms with E-state index < -0.39 is 0 Å². The van der Waals surface area contributed by atoms with Crippen molar-refractivity contribution in [2.75, 3.05) is 0 Å². The summed E-state index contributed by atoms with van der Waals surface area (Å²) < 4.78 is 5.09. The molecule has 0 spiro atoms. The van der Waals surface area contributed by atoms with E-state index in [2.05, 4.69) is 158 Å². The third-order valence-corrected chi connectivity index (χ3v) is 11.7. The molecule has 0 amide bonds. The fraction of sp³-hybridized carbons (Fsp3) is 0. The highest BCUT2D eigenvalue weighted by Crippen LogP contribution is 2.42. The molecule has 6 aromatic carbocycles. The van der Waals surface area contributed by atoms with Gasteiger partial charge in [-0.1, -0.05) is 133 Å². The monoisotopic (exact) mass is 646 g/mol. The van der Waals surface area contributed by atoms with E-state index in [1.807, 2.05) is 22.7 Å². The molecule has 0 aliphatic rings. The molecule has 0 saturated carbocycles. The predicted octanol–water partition coefficient (Wildman–Crippen LogP) is 13.0. The largest absolute Gasteiger partial charge is 0.248 e. The average Bonchev–Trinajstić information content (AvgIpc) is 3.74. The number of benzene rings is 6. The quantitative estimate of drug-likeness (QED) is 0.190. The molecule has 2 nitrogen and oxygen atoms in total. The van der Waals surface area contributed by atoms with Gasteiger partial charge in [-0.15, -0.1) is 22.7 Å². The summed E-state index contributed by atoms with van der Waals surface area (Å²) in [5, 5.41) is 6.22. The zero-order valence-electron chi connectivity index (χ0n) is 25.7. The average molecular weight is 647 g/mol. The van der Waals surface area contributed by atoms with E-state index in [0.717, 1.165) is 50.4 Å². The first kappa shape index (κ1) is 27.4. The van der Waals surface area contributed by atoms with Crippen LogP contribution in [0, 0.1) is 0 Å². The number of aromatic nitrogens is 2. The van der Waals surface area contributed by atoms with Crippen molar-refractivity contribution in [2.24, 2.45) is 0 Å². The second-order valence-electron chi connectivity index (χ2n) is 12.1. The molecule has 0 atom stereocenters. The molecule has 10 aromatic rings. The Morgan fingerprint density at radius 1 is 0.354 bits per heavy atom. The molecule has 4 aromatic heterocycles. The lowest BCUT2D eigenvalue weighted by molar-refractivity contribution is 1.33. The fourth-order valence-corrected chi connectivity index (χ4v) is 9.37. The first-order valence-electron chi connectivity index (χ1n) is 16.1. The van der Waals surface area contributed by atoms with Crippen LogP contribution in [-0.2, 0) is 0 Å². The molecule has 0 saturated heterocycles. The molecular formula is C44H26N2S2. The van der Waals surface area contributed by atoms with Crippen molar-refractivity contribution in [2.45, 2.75) is 0 Å². The molecule has 0 aliphatic carbocycles. The highest BCUT2D eigenvalue weighted by atomic mass is 32.1. The maximum atomic E-state index is 5.32. The van der Waals surface area contributed by atoms with Gasteiger partial charge in [0.1, 0.15) is 0 Å². The van der Waals surface area contributed by atoms with Crippen molar-refractivity contribution in [1.82, 2.24) is 9.97 Å². The van der Waals surface area contributed by atoms with Crippen molar-refractivity contribution in [3.05, 3.63) is 158 Å². The molecule has 0 bridgehead atoms. The van der Waals surface area contributed by atoms with Crippen LogP contribution >= 0.6 is 22.7 Å². The highest BCUT2D eigenvalue weighted by Gasteiger charge is 2.17. The van der Waals surface area contributed by atoms with Gasteiger partial charge in [-0.05, 0) is 35.4 Å². The topological polar surface area (TPSA) is 25.8 Å². The van der Waals surface area contributed by atoms with Gasteiger partial charge in [0.25, 0.3) is 0 Å². The smallest absolute Gasteiger partial charge is 0.0902 e. The number of rotatable bonds is 4. The van der Waals surface area contributed by atoms with E-state index in [1.165, 1.54) is 45.7 Å². The van der Waals surface area contributed by atoms with Gasteiger partial charge >= 0.3 is 0 Å². The standard InChI is InChI=1S/C44H26N2S2/c1-2-11-28(12-3-1)37-25-30(26-38(45-37)35-18-10-17-33-31-13-6-8-19-39(31)47-43(33)35)27-21-23-29(24-22-27)41-32-14-4-5-15-34(32)44-42(46-41)36-16-7-9-20-40(36)48-44/h1-26H. The van der Waals surface area contributed by atoms with Gasteiger partial charge in [-0.2, -0.15) is 0 Å². The van der Waals surface area contributed by atoms with Crippen LogP contribution in [0.2, 0.25) is 0 Å². The van der Waals surface area contributed by atoms with Crippen LogP contribution in [0.3, 0.4) is 0 Å².